The van der Waals surface area contributed by atoms with Crippen LogP contribution >= 0.6 is 0 Å². The van der Waals surface area contributed by atoms with E-state index in [1.54, 1.807) is 67.8 Å². The van der Waals surface area contributed by atoms with E-state index in [1.165, 1.54) is 10.9 Å². The maximum atomic E-state index is 13.6. The molecule has 0 saturated carbocycles. The number of methoxy groups -OCH3 is 1. The number of benzene rings is 3. The number of hydrogen-bond acceptors (Lipinski definition) is 6. The van der Waals surface area contributed by atoms with Crippen LogP contribution in [0.4, 0.5) is 11.4 Å². The molecule has 0 saturated heterocycles. The highest BCUT2D eigenvalue weighted by atomic mass is 16.5. The molecule has 36 heavy (non-hydrogen) atoms. The highest BCUT2D eigenvalue weighted by Crippen LogP contribution is 2.29. The Kier molecular flexibility index (Phi) is 7.65. The number of rotatable bonds is 9. The minimum absolute atomic E-state index is 0.182. The fourth-order valence-electron chi connectivity index (χ4n) is 3.44. The van der Waals surface area contributed by atoms with E-state index >= 15 is 0 Å². The summed E-state index contributed by atoms with van der Waals surface area (Å²) in [5.41, 5.74) is 1.38. The van der Waals surface area contributed by atoms with E-state index < -0.39 is 5.56 Å². The Labute approximate surface area is 209 Å². The lowest BCUT2D eigenvalue weighted by Gasteiger charge is -2.15. The van der Waals surface area contributed by atoms with Crippen LogP contribution < -0.4 is 25.7 Å². The number of carbonyl (C=O) groups is 1. The fourth-order valence-corrected chi connectivity index (χ4v) is 3.44. The summed E-state index contributed by atoms with van der Waals surface area (Å²) >= 11 is 0. The number of nitrogens with zero attached hydrogens (tertiary/aromatic N) is 2. The van der Waals surface area contributed by atoms with Gasteiger partial charge in [-0.25, -0.2) is 0 Å². The molecular formula is C28H28N4O4. The molecule has 0 fully saturated rings. The minimum atomic E-state index is -0.414. The summed E-state index contributed by atoms with van der Waals surface area (Å²) in [7, 11) is 1.58. The molecule has 2 N–H and O–H groups in total. The number of amides is 1. The van der Waals surface area contributed by atoms with Gasteiger partial charge in [-0.2, -0.15) is 9.78 Å². The maximum absolute atomic E-state index is 13.6. The van der Waals surface area contributed by atoms with E-state index in [4.69, 9.17) is 9.47 Å². The van der Waals surface area contributed by atoms with Crippen LogP contribution in [0.1, 0.15) is 24.2 Å². The Bertz CT molecular complexity index is 1380. The molecule has 184 valence electrons. The van der Waals surface area contributed by atoms with Crippen molar-refractivity contribution in [2.24, 2.45) is 5.92 Å². The first-order valence-corrected chi connectivity index (χ1v) is 11.6. The van der Waals surface area contributed by atoms with Crippen LogP contribution in [0, 0.1) is 5.92 Å². The topological polar surface area (TPSA) is 94.5 Å². The van der Waals surface area contributed by atoms with Crippen LogP contribution in [-0.4, -0.2) is 29.3 Å². The quantitative estimate of drug-likeness (QED) is 0.341. The molecule has 0 spiro atoms. The summed E-state index contributed by atoms with van der Waals surface area (Å²) in [5, 5.41) is 10.4. The van der Waals surface area contributed by atoms with E-state index in [0.29, 0.717) is 40.9 Å². The Hall–Kier alpha value is -4.59. The van der Waals surface area contributed by atoms with Gasteiger partial charge in [0.15, 0.2) is 11.4 Å². The van der Waals surface area contributed by atoms with Gasteiger partial charge in [0.2, 0.25) is 0 Å². The average molecular weight is 485 g/mol. The standard InChI is InChI=1S/C28H28N4O4/c1-19(2)17-29-27(33)20-8-7-9-21(16-20)31-26-25(36-24-10-5-4-6-11-24)18-30-32(28(26)34)22-12-14-23(35-3)15-13-22/h4-16,18-19,31H,17H2,1-3H3,(H,29,33). The van der Waals surface area contributed by atoms with Crippen LogP contribution in [0.15, 0.2) is 89.9 Å². The van der Waals surface area contributed by atoms with Gasteiger partial charge in [-0.3, -0.25) is 9.59 Å². The largest absolute Gasteiger partial charge is 0.497 e. The minimum Gasteiger partial charge on any atom is -0.497 e. The molecule has 1 amide bonds. The third-order valence-corrected chi connectivity index (χ3v) is 5.30. The normalized spacial score (nSPS) is 10.7. The van der Waals surface area contributed by atoms with Crippen molar-refractivity contribution in [2.45, 2.75) is 13.8 Å². The molecule has 0 aliphatic heterocycles. The monoisotopic (exact) mass is 484 g/mol. The number of anilines is 2. The Morgan fingerprint density at radius 1 is 0.972 bits per heavy atom. The average Bonchev–Trinajstić information content (AvgIpc) is 2.90. The van der Waals surface area contributed by atoms with Gasteiger partial charge in [0.05, 0.1) is 19.0 Å². The van der Waals surface area contributed by atoms with Gasteiger partial charge in [0.25, 0.3) is 11.5 Å². The summed E-state index contributed by atoms with van der Waals surface area (Å²) in [6.07, 6.45) is 1.49. The molecule has 1 aromatic heterocycles. The van der Waals surface area contributed by atoms with E-state index in [2.05, 4.69) is 15.7 Å². The van der Waals surface area contributed by atoms with Crippen molar-refractivity contribution in [1.82, 2.24) is 15.1 Å². The third kappa shape index (κ3) is 5.90. The SMILES string of the molecule is COc1ccc(-n2ncc(Oc3ccccc3)c(Nc3cccc(C(=O)NCC(C)C)c3)c2=O)cc1. The second-order valence-electron chi connectivity index (χ2n) is 8.52. The van der Waals surface area contributed by atoms with E-state index in [9.17, 15) is 9.59 Å². The first-order chi connectivity index (χ1) is 17.4. The number of para-hydroxylation sites is 1. The van der Waals surface area contributed by atoms with Crippen molar-refractivity contribution in [1.29, 1.82) is 0 Å². The molecule has 0 atom stereocenters. The van der Waals surface area contributed by atoms with Crippen LogP contribution in [0.3, 0.4) is 0 Å². The van der Waals surface area contributed by atoms with E-state index in [1.807, 2.05) is 32.0 Å². The van der Waals surface area contributed by atoms with Gasteiger partial charge in [0, 0.05) is 17.8 Å². The molecular weight excluding hydrogens is 456 g/mol. The van der Waals surface area contributed by atoms with Crippen molar-refractivity contribution < 1.29 is 14.3 Å². The van der Waals surface area contributed by atoms with Crippen LogP contribution in [-0.2, 0) is 0 Å². The lowest BCUT2D eigenvalue weighted by molar-refractivity contribution is 0.0949. The third-order valence-electron chi connectivity index (χ3n) is 5.30. The summed E-state index contributed by atoms with van der Waals surface area (Å²) in [5.74, 6) is 1.64. The van der Waals surface area contributed by atoms with Crippen molar-refractivity contribution in [3.05, 3.63) is 101 Å². The number of hydrogen-bond donors (Lipinski definition) is 2. The second kappa shape index (κ2) is 11.2. The van der Waals surface area contributed by atoms with Crippen molar-refractivity contribution >= 4 is 17.3 Å². The molecule has 0 aliphatic rings. The molecule has 0 bridgehead atoms. The van der Waals surface area contributed by atoms with Crippen molar-refractivity contribution in [2.75, 3.05) is 19.0 Å². The van der Waals surface area contributed by atoms with Gasteiger partial charge in [-0.1, -0.05) is 38.1 Å². The van der Waals surface area contributed by atoms with Gasteiger partial charge in [-0.15, -0.1) is 0 Å². The second-order valence-corrected chi connectivity index (χ2v) is 8.52. The summed E-state index contributed by atoms with van der Waals surface area (Å²) in [6.45, 7) is 4.64. The molecule has 4 rings (SSSR count). The smallest absolute Gasteiger partial charge is 0.299 e. The Balaban J connectivity index is 1.71. The number of ether oxygens (including phenoxy) is 2. The number of aromatic nitrogens is 2. The number of carbonyl (C=O) groups excluding carboxylic acids is 1. The summed E-state index contributed by atoms with van der Waals surface area (Å²) in [4.78, 5) is 26.2. The maximum Gasteiger partial charge on any atom is 0.299 e. The van der Waals surface area contributed by atoms with Gasteiger partial charge >= 0.3 is 0 Å². The number of nitrogens with one attached hydrogen (secondary N) is 2. The summed E-state index contributed by atoms with van der Waals surface area (Å²) in [6, 6.07) is 23.1. The van der Waals surface area contributed by atoms with Crippen LogP contribution in [0.5, 0.6) is 17.2 Å². The zero-order valence-electron chi connectivity index (χ0n) is 20.4. The molecule has 0 radical (unpaired) electrons. The van der Waals surface area contributed by atoms with Gasteiger partial charge in [0.1, 0.15) is 11.5 Å². The first kappa shape index (κ1) is 24.5. The fraction of sp³-hybridized carbons (Fsp3) is 0.179. The Morgan fingerprint density at radius 2 is 1.72 bits per heavy atom. The highest BCUT2D eigenvalue weighted by Gasteiger charge is 2.16. The molecule has 4 aromatic rings. The molecule has 0 aliphatic carbocycles. The predicted octanol–water partition coefficient (Wildman–Crippen LogP) is 5.16. The lowest BCUT2D eigenvalue weighted by Crippen LogP contribution is -2.27. The van der Waals surface area contributed by atoms with Crippen molar-refractivity contribution in [3.8, 4) is 22.9 Å². The highest BCUT2D eigenvalue weighted by molar-refractivity contribution is 5.95. The first-order valence-electron chi connectivity index (χ1n) is 11.6. The molecule has 3 aromatic carbocycles. The van der Waals surface area contributed by atoms with Gasteiger partial charge in [-0.05, 0) is 60.5 Å². The van der Waals surface area contributed by atoms with E-state index in [0.717, 1.165) is 0 Å². The van der Waals surface area contributed by atoms with Crippen LogP contribution in [0.2, 0.25) is 0 Å². The molecule has 8 nitrogen and oxygen atoms in total. The Morgan fingerprint density at radius 3 is 2.42 bits per heavy atom. The van der Waals surface area contributed by atoms with Gasteiger partial charge < -0.3 is 20.1 Å². The predicted molar refractivity (Wildman–Crippen MR) is 140 cm³/mol. The summed E-state index contributed by atoms with van der Waals surface area (Å²) < 4.78 is 12.5. The zero-order valence-corrected chi connectivity index (χ0v) is 20.4. The molecule has 8 heteroatoms. The lowest BCUT2D eigenvalue weighted by atomic mass is 10.1. The molecule has 1 heterocycles. The zero-order chi connectivity index (χ0) is 25.5. The van der Waals surface area contributed by atoms with Crippen molar-refractivity contribution in [3.63, 3.8) is 0 Å². The van der Waals surface area contributed by atoms with E-state index in [-0.39, 0.29) is 17.3 Å². The molecule has 0 unspecified atom stereocenters. The van der Waals surface area contributed by atoms with Crippen LogP contribution in [0.25, 0.3) is 5.69 Å².